The minimum absolute atomic E-state index is 0.438. The predicted octanol–water partition coefficient (Wildman–Crippen LogP) is 4.14. The van der Waals surface area contributed by atoms with Crippen LogP contribution in [0.25, 0.3) is 0 Å². The second kappa shape index (κ2) is 5.11. The van der Waals surface area contributed by atoms with Crippen LogP contribution in [0.2, 0.25) is 0 Å². The Balaban J connectivity index is 2.97. The van der Waals surface area contributed by atoms with Crippen molar-refractivity contribution in [2.24, 2.45) is 16.8 Å². The molecule has 0 aromatic heterocycles. The molecule has 1 rings (SSSR count). The maximum Gasteiger partial charge on any atom is 0.0622 e. The minimum Gasteiger partial charge on any atom is -0.253 e. The van der Waals surface area contributed by atoms with E-state index in [0.717, 1.165) is 17.8 Å². The van der Waals surface area contributed by atoms with Gasteiger partial charge in [-0.1, -0.05) is 39.5 Å². The largest absolute Gasteiger partial charge is 0.253 e. The van der Waals surface area contributed by atoms with Gasteiger partial charge >= 0.3 is 0 Å². The van der Waals surface area contributed by atoms with Crippen LogP contribution >= 0.6 is 0 Å². The van der Waals surface area contributed by atoms with Gasteiger partial charge in [0, 0.05) is 5.71 Å². The fourth-order valence-electron chi connectivity index (χ4n) is 1.61. The van der Waals surface area contributed by atoms with E-state index >= 15 is 0 Å². The molecule has 1 nitrogen and oxygen atoms in total. The van der Waals surface area contributed by atoms with E-state index in [1.807, 2.05) is 6.08 Å². The monoisotopic (exact) mass is 203 g/mol. The van der Waals surface area contributed by atoms with Crippen molar-refractivity contribution in [3.05, 3.63) is 36.1 Å². The molecule has 0 aliphatic heterocycles. The standard InChI is InChI=1S/C14H21N/c1-6-13(10(2)3)15-14-9-11(4)7-8-12(14)5/h6,8-11H,1,7H2,2-5H3. The van der Waals surface area contributed by atoms with Gasteiger partial charge in [0.05, 0.1) is 5.70 Å². The lowest BCUT2D eigenvalue weighted by atomic mass is 9.96. The number of aliphatic imine (C=N–C) groups is 1. The molecule has 0 radical (unpaired) electrons. The molecule has 82 valence electrons. The van der Waals surface area contributed by atoms with Gasteiger partial charge in [-0.2, -0.15) is 0 Å². The first-order valence-electron chi connectivity index (χ1n) is 5.64. The van der Waals surface area contributed by atoms with E-state index in [0.29, 0.717) is 11.8 Å². The van der Waals surface area contributed by atoms with E-state index in [4.69, 9.17) is 0 Å². The Bertz CT molecular complexity index is 329. The molecule has 0 saturated carbocycles. The first-order chi connectivity index (χ1) is 7.04. The van der Waals surface area contributed by atoms with Gasteiger partial charge in [0.15, 0.2) is 0 Å². The zero-order chi connectivity index (χ0) is 11.4. The van der Waals surface area contributed by atoms with Crippen molar-refractivity contribution in [3.63, 3.8) is 0 Å². The summed E-state index contributed by atoms with van der Waals surface area (Å²) in [6.45, 7) is 12.5. The van der Waals surface area contributed by atoms with Gasteiger partial charge in [-0.25, -0.2) is 0 Å². The second-order valence-corrected chi connectivity index (χ2v) is 4.55. The van der Waals surface area contributed by atoms with Crippen LogP contribution < -0.4 is 0 Å². The lowest BCUT2D eigenvalue weighted by Crippen LogP contribution is -2.06. The smallest absolute Gasteiger partial charge is 0.0622 e. The van der Waals surface area contributed by atoms with Crippen LogP contribution in [0.3, 0.4) is 0 Å². The third-order valence-electron chi connectivity index (χ3n) is 2.69. The highest BCUT2D eigenvalue weighted by Gasteiger charge is 2.10. The molecule has 1 unspecified atom stereocenters. The number of hydrogen-bond acceptors (Lipinski definition) is 1. The van der Waals surface area contributed by atoms with Gasteiger partial charge in [0.1, 0.15) is 0 Å². The molecular weight excluding hydrogens is 182 g/mol. The number of hydrogen-bond donors (Lipinski definition) is 0. The summed E-state index contributed by atoms with van der Waals surface area (Å²) in [7, 11) is 0. The molecule has 0 bridgehead atoms. The Morgan fingerprint density at radius 1 is 1.60 bits per heavy atom. The maximum atomic E-state index is 4.68. The Labute approximate surface area is 93.3 Å². The molecule has 0 amide bonds. The molecule has 0 fully saturated rings. The van der Waals surface area contributed by atoms with Crippen molar-refractivity contribution < 1.29 is 0 Å². The van der Waals surface area contributed by atoms with Gasteiger partial charge in [-0.15, -0.1) is 0 Å². The van der Waals surface area contributed by atoms with E-state index in [1.54, 1.807) is 0 Å². The number of nitrogens with zero attached hydrogens (tertiary/aromatic N) is 1. The number of rotatable bonds is 3. The van der Waals surface area contributed by atoms with Gasteiger partial charge in [-0.3, -0.25) is 4.99 Å². The first-order valence-corrected chi connectivity index (χ1v) is 5.64. The van der Waals surface area contributed by atoms with Gasteiger partial charge in [0.2, 0.25) is 0 Å². The van der Waals surface area contributed by atoms with E-state index in [2.05, 4.69) is 51.4 Å². The fraction of sp³-hybridized carbons (Fsp3) is 0.500. The lowest BCUT2D eigenvalue weighted by Gasteiger charge is -2.15. The second-order valence-electron chi connectivity index (χ2n) is 4.55. The molecule has 1 atom stereocenters. The molecule has 0 N–H and O–H groups in total. The topological polar surface area (TPSA) is 12.4 Å². The Kier molecular flexibility index (Phi) is 4.07. The fourth-order valence-corrected chi connectivity index (χ4v) is 1.61. The van der Waals surface area contributed by atoms with E-state index in [9.17, 15) is 0 Å². The highest BCUT2D eigenvalue weighted by molar-refractivity contribution is 5.96. The maximum absolute atomic E-state index is 4.68. The van der Waals surface area contributed by atoms with Crippen molar-refractivity contribution in [1.82, 2.24) is 0 Å². The molecule has 0 spiro atoms. The van der Waals surface area contributed by atoms with Gasteiger partial charge in [-0.05, 0) is 36.8 Å². The van der Waals surface area contributed by atoms with Crippen LogP contribution in [0, 0.1) is 11.8 Å². The summed E-state index contributed by atoms with van der Waals surface area (Å²) in [6.07, 6.45) is 7.51. The highest BCUT2D eigenvalue weighted by Crippen LogP contribution is 2.23. The van der Waals surface area contributed by atoms with Crippen molar-refractivity contribution in [2.45, 2.75) is 34.1 Å². The van der Waals surface area contributed by atoms with E-state index < -0.39 is 0 Å². The Morgan fingerprint density at radius 3 is 2.80 bits per heavy atom. The average molecular weight is 203 g/mol. The molecule has 15 heavy (non-hydrogen) atoms. The summed E-state index contributed by atoms with van der Waals surface area (Å²) < 4.78 is 0. The molecule has 0 heterocycles. The first kappa shape index (κ1) is 12.0. The lowest BCUT2D eigenvalue weighted by molar-refractivity contribution is 0.719. The summed E-state index contributed by atoms with van der Waals surface area (Å²) in [4.78, 5) is 4.68. The van der Waals surface area contributed by atoms with Gasteiger partial charge < -0.3 is 0 Å². The minimum atomic E-state index is 0.438. The quantitative estimate of drug-likeness (QED) is 0.611. The molecular formula is C14H21N. The summed E-state index contributed by atoms with van der Waals surface area (Å²) in [5.74, 6) is 1.04. The molecule has 0 saturated heterocycles. The van der Waals surface area contributed by atoms with Crippen molar-refractivity contribution in [2.75, 3.05) is 0 Å². The summed E-state index contributed by atoms with van der Waals surface area (Å²) in [6, 6.07) is 0. The van der Waals surface area contributed by atoms with Crippen LogP contribution in [-0.4, -0.2) is 5.71 Å². The summed E-state index contributed by atoms with van der Waals surface area (Å²) >= 11 is 0. The third-order valence-corrected chi connectivity index (χ3v) is 2.69. The third kappa shape index (κ3) is 3.19. The molecule has 0 aromatic carbocycles. The van der Waals surface area contributed by atoms with E-state index in [1.165, 1.54) is 5.57 Å². The molecule has 1 heteroatoms. The van der Waals surface area contributed by atoms with Crippen LogP contribution in [-0.2, 0) is 0 Å². The van der Waals surface area contributed by atoms with Crippen molar-refractivity contribution >= 4 is 5.71 Å². The molecule has 1 aliphatic carbocycles. The Hall–Kier alpha value is -1.11. The van der Waals surface area contributed by atoms with Gasteiger partial charge in [0.25, 0.3) is 0 Å². The zero-order valence-corrected chi connectivity index (χ0v) is 10.2. The molecule has 1 aliphatic rings. The number of allylic oxidation sites excluding steroid dienone is 4. The van der Waals surface area contributed by atoms with Crippen LogP contribution in [0.1, 0.15) is 34.1 Å². The normalized spacial score (nSPS) is 22.5. The Morgan fingerprint density at radius 2 is 2.27 bits per heavy atom. The van der Waals surface area contributed by atoms with Crippen molar-refractivity contribution in [1.29, 1.82) is 0 Å². The van der Waals surface area contributed by atoms with Crippen LogP contribution in [0.5, 0.6) is 0 Å². The van der Waals surface area contributed by atoms with E-state index in [-0.39, 0.29) is 0 Å². The van der Waals surface area contributed by atoms with Crippen LogP contribution in [0.4, 0.5) is 0 Å². The molecule has 0 aromatic rings. The van der Waals surface area contributed by atoms with Crippen molar-refractivity contribution in [3.8, 4) is 0 Å². The summed E-state index contributed by atoms with van der Waals surface area (Å²) in [5, 5.41) is 0. The van der Waals surface area contributed by atoms with Crippen LogP contribution in [0.15, 0.2) is 41.1 Å². The highest BCUT2D eigenvalue weighted by atomic mass is 14.8. The zero-order valence-electron chi connectivity index (χ0n) is 10.2. The average Bonchev–Trinajstić information content (AvgIpc) is 2.18. The predicted molar refractivity (Wildman–Crippen MR) is 68.1 cm³/mol. The summed E-state index contributed by atoms with van der Waals surface area (Å²) in [5.41, 5.74) is 3.48. The SMILES string of the molecule is C=CC(=NC1=CC(C)CC=C1C)C(C)C.